The first kappa shape index (κ1) is 17.4. The zero-order valence-electron chi connectivity index (χ0n) is 13.9. The molecule has 0 saturated carbocycles. The number of methoxy groups -OCH3 is 1. The summed E-state index contributed by atoms with van der Waals surface area (Å²) in [6.45, 7) is 2.20. The van der Waals surface area contributed by atoms with Crippen LogP contribution < -0.4 is 5.32 Å². The molecule has 1 aromatic carbocycles. The van der Waals surface area contributed by atoms with Crippen molar-refractivity contribution in [3.8, 4) is 0 Å². The predicted octanol–water partition coefficient (Wildman–Crippen LogP) is 1.63. The maximum Gasteiger partial charge on any atom is 0.337 e. The molecule has 2 aliphatic heterocycles. The number of nitrogens with zero attached hydrogens (tertiary/aromatic N) is 1. The number of carbonyl (C=O) groups is 1. The molecule has 0 spiro atoms. The van der Waals surface area contributed by atoms with Crippen LogP contribution in [0.25, 0.3) is 0 Å². The van der Waals surface area contributed by atoms with Crippen LogP contribution in [0.2, 0.25) is 0 Å². The Balaban J connectivity index is 1.66. The number of piperidine rings is 1. The van der Waals surface area contributed by atoms with Gasteiger partial charge in [0.05, 0.1) is 17.6 Å². The second kappa shape index (κ2) is 7.21. The third kappa shape index (κ3) is 3.48. The monoisotopic (exact) mass is 352 g/mol. The van der Waals surface area contributed by atoms with Crippen LogP contribution in [0.3, 0.4) is 0 Å². The number of benzene rings is 1. The minimum atomic E-state index is -3.50. The van der Waals surface area contributed by atoms with Crippen LogP contribution in [-0.2, 0) is 14.8 Å². The number of ether oxygens (including phenoxy) is 1. The molecule has 0 aliphatic carbocycles. The molecule has 2 saturated heterocycles. The van der Waals surface area contributed by atoms with E-state index >= 15 is 0 Å². The van der Waals surface area contributed by atoms with E-state index in [-0.39, 0.29) is 4.90 Å². The van der Waals surface area contributed by atoms with Crippen molar-refractivity contribution in [3.63, 3.8) is 0 Å². The quantitative estimate of drug-likeness (QED) is 0.834. The number of hydrogen-bond donors (Lipinski definition) is 1. The van der Waals surface area contributed by atoms with Gasteiger partial charge in [-0.2, -0.15) is 4.31 Å². The normalized spacial score (nSPS) is 23.3. The highest BCUT2D eigenvalue weighted by Crippen LogP contribution is 2.28. The Bertz CT molecular complexity index is 673. The molecule has 2 fully saturated rings. The lowest BCUT2D eigenvalue weighted by Gasteiger charge is -2.34. The van der Waals surface area contributed by atoms with Crippen molar-refractivity contribution in [2.24, 2.45) is 5.92 Å². The van der Waals surface area contributed by atoms with E-state index in [1.807, 2.05) is 0 Å². The van der Waals surface area contributed by atoms with Gasteiger partial charge in [0.1, 0.15) is 0 Å². The summed E-state index contributed by atoms with van der Waals surface area (Å²) in [5, 5.41) is 3.52. The SMILES string of the molecule is COC(=O)c1ccc(S(=O)(=O)N2CCC(C3CCCN3)CC2)cc1. The van der Waals surface area contributed by atoms with E-state index in [4.69, 9.17) is 0 Å². The molecule has 2 heterocycles. The lowest BCUT2D eigenvalue weighted by atomic mass is 9.89. The summed E-state index contributed by atoms with van der Waals surface area (Å²) < 4.78 is 31.7. The summed E-state index contributed by atoms with van der Waals surface area (Å²) in [5.74, 6) is 0.101. The van der Waals surface area contributed by atoms with Crippen LogP contribution in [0.5, 0.6) is 0 Å². The average Bonchev–Trinajstić information content (AvgIpc) is 3.16. The maximum absolute atomic E-state index is 12.8. The molecule has 7 heteroatoms. The summed E-state index contributed by atoms with van der Waals surface area (Å²) in [6, 6.07) is 6.49. The van der Waals surface area contributed by atoms with E-state index in [0.29, 0.717) is 30.6 Å². The molecular weight excluding hydrogens is 328 g/mol. The van der Waals surface area contributed by atoms with Crippen molar-refractivity contribution in [2.45, 2.75) is 36.6 Å². The van der Waals surface area contributed by atoms with E-state index in [1.54, 1.807) is 4.31 Å². The molecule has 0 aromatic heterocycles. The van der Waals surface area contributed by atoms with Crippen molar-refractivity contribution < 1.29 is 17.9 Å². The van der Waals surface area contributed by atoms with Crippen LogP contribution in [0, 0.1) is 5.92 Å². The Hall–Kier alpha value is -1.44. The molecule has 132 valence electrons. The van der Waals surface area contributed by atoms with Crippen LogP contribution in [0.15, 0.2) is 29.2 Å². The van der Waals surface area contributed by atoms with Crippen molar-refractivity contribution in [1.29, 1.82) is 0 Å². The van der Waals surface area contributed by atoms with Gasteiger partial charge in [-0.25, -0.2) is 13.2 Å². The molecule has 0 amide bonds. The van der Waals surface area contributed by atoms with Gasteiger partial charge in [0.15, 0.2) is 0 Å². The fraction of sp³-hybridized carbons (Fsp3) is 0.588. The molecule has 6 nitrogen and oxygen atoms in total. The number of hydrogen-bond acceptors (Lipinski definition) is 5. The first-order valence-corrected chi connectivity index (χ1v) is 9.88. The first-order chi connectivity index (χ1) is 11.5. The first-order valence-electron chi connectivity index (χ1n) is 8.44. The second-order valence-electron chi connectivity index (χ2n) is 6.46. The van der Waals surface area contributed by atoms with Crippen molar-refractivity contribution in [1.82, 2.24) is 9.62 Å². The summed E-state index contributed by atoms with van der Waals surface area (Å²) in [7, 11) is -2.20. The van der Waals surface area contributed by atoms with Gasteiger partial charge in [0.2, 0.25) is 10.0 Å². The Morgan fingerprint density at radius 3 is 2.38 bits per heavy atom. The fourth-order valence-corrected chi connectivity index (χ4v) is 5.13. The van der Waals surface area contributed by atoms with E-state index in [2.05, 4.69) is 10.1 Å². The van der Waals surface area contributed by atoms with Crippen LogP contribution in [0.4, 0.5) is 0 Å². The molecule has 2 aliphatic rings. The Morgan fingerprint density at radius 2 is 1.83 bits per heavy atom. The highest BCUT2D eigenvalue weighted by molar-refractivity contribution is 7.89. The molecule has 0 radical (unpaired) electrons. The van der Waals surface area contributed by atoms with Gasteiger partial charge in [-0.15, -0.1) is 0 Å². The third-order valence-corrected chi connectivity index (χ3v) is 6.99. The molecule has 24 heavy (non-hydrogen) atoms. The molecule has 1 N–H and O–H groups in total. The van der Waals surface area contributed by atoms with E-state index in [1.165, 1.54) is 44.2 Å². The van der Waals surface area contributed by atoms with Gasteiger partial charge >= 0.3 is 5.97 Å². The highest BCUT2D eigenvalue weighted by Gasteiger charge is 2.33. The van der Waals surface area contributed by atoms with Crippen LogP contribution >= 0.6 is 0 Å². The fourth-order valence-electron chi connectivity index (χ4n) is 3.66. The Labute approximate surface area is 143 Å². The topological polar surface area (TPSA) is 75.7 Å². The van der Waals surface area contributed by atoms with Crippen LogP contribution in [0.1, 0.15) is 36.0 Å². The molecule has 3 rings (SSSR count). The third-order valence-electron chi connectivity index (χ3n) is 5.08. The van der Waals surface area contributed by atoms with Gasteiger partial charge in [0.25, 0.3) is 0 Å². The standard InChI is InChI=1S/C17H24N2O4S/c1-23-17(20)14-4-6-15(7-5-14)24(21,22)19-11-8-13(9-12-19)16-3-2-10-18-16/h4-7,13,16,18H,2-3,8-12H2,1H3. The average molecular weight is 352 g/mol. The Morgan fingerprint density at radius 1 is 1.17 bits per heavy atom. The maximum atomic E-state index is 12.8. The number of esters is 1. The van der Waals surface area contributed by atoms with Crippen molar-refractivity contribution in [2.75, 3.05) is 26.7 Å². The summed E-state index contributed by atoms with van der Waals surface area (Å²) in [5.41, 5.74) is 0.350. The lowest BCUT2D eigenvalue weighted by molar-refractivity contribution is 0.0600. The van der Waals surface area contributed by atoms with Gasteiger partial charge < -0.3 is 10.1 Å². The van der Waals surface area contributed by atoms with Gasteiger partial charge in [-0.05, 0) is 62.4 Å². The summed E-state index contributed by atoms with van der Waals surface area (Å²) in [4.78, 5) is 11.7. The molecule has 1 aromatic rings. The molecular formula is C17H24N2O4S. The van der Waals surface area contributed by atoms with E-state index in [0.717, 1.165) is 19.4 Å². The number of carbonyl (C=O) groups excluding carboxylic acids is 1. The van der Waals surface area contributed by atoms with Gasteiger partial charge in [0, 0.05) is 19.1 Å². The minimum absolute atomic E-state index is 0.229. The predicted molar refractivity (Wildman–Crippen MR) is 90.3 cm³/mol. The second-order valence-corrected chi connectivity index (χ2v) is 8.40. The zero-order valence-corrected chi connectivity index (χ0v) is 14.7. The smallest absolute Gasteiger partial charge is 0.337 e. The van der Waals surface area contributed by atoms with E-state index in [9.17, 15) is 13.2 Å². The van der Waals surface area contributed by atoms with Crippen molar-refractivity contribution >= 4 is 16.0 Å². The molecule has 1 atom stereocenters. The van der Waals surface area contributed by atoms with Gasteiger partial charge in [-0.1, -0.05) is 0 Å². The highest BCUT2D eigenvalue weighted by atomic mass is 32.2. The lowest BCUT2D eigenvalue weighted by Crippen LogP contribution is -2.43. The summed E-state index contributed by atoms with van der Waals surface area (Å²) in [6.07, 6.45) is 4.22. The van der Waals surface area contributed by atoms with Crippen molar-refractivity contribution in [3.05, 3.63) is 29.8 Å². The van der Waals surface area contributed by atoms with Gasteiger partial charge in [-0.3, -0.25) is 0 Å². The van der Waals surface area contributed by atoms with E-state index < -0.39 is 16.0 Å². The number of nitrogens with one attached hydrogen (secondary N) is 1. The minimum Gasteiger partial charge on any atom is -0.465 e. The summed E-state index contributed by atoms with van der Waals surface area (Å²) >= 11 is 0. The molecule has 0 bridgehead atoms. The number of sulfonamides is 1. The largest absolute Gasteiger partial charge is 0.465 e. The van der Waals surface area contributed by atoms with Crippen LogP contribution in [-0.4, -0.2) is 51.5 Å². The Kier molecular flexibility index (Phi) is 5.22. The number of rotatable bonds is 4. The zero-order chi connectivity index (χ0) is 17.2. The molecule has 1 unspecified atom stereocenters.